The van der Waals surface area contributed by atoms with Crippen LogP contribution >= 0.6 is 0 Å². The molecule has 3 aliphatic carbocycles. The summed E-state index contributed by atoms with van der Waals surface area (Å²) in [5.74, 6) is 7.00. The number of benzene rings is 1. The minimum absolute atomic E-state index is 0.789. The SMILES string of the molecule is CCCCCC1CCC(C2CCC3CC(c4ccc(OC)cc4)CCC3C2)CC1. The van der Waals surface area contributed by atoms with Crippen molar-refractivity contribution in [3.05, 3.63) is 29.8 Å². The molecule has 0 bridgehead atoms. The Morgan fingerprint density at radius 2 is 1.34 bits per heavy atom. The Balaban J connectivity index is 1.23. The van der Waals surface area contributed by atoms with Gasteiger partial charge in [-0.3, -0.25) is 0 Å². The number of hydrogen-bond donors (Lipinski definition) is 0. The van der Waals surface area contributed by atoms with Gasteiger partial charge in [0, 0.05) is 0 Å². The van der Waals surface area contributed by atoms with Crippen molar-refractivity contribution in [1.82, 2.24) is 0 Å². The van der Waals surface area contributed by atoms with E-state index in [0.717, 1.165) is 41.3 Å². The van der Waals surface area contributed by atoms with E-state index in [1.54, 1.807) is 44.8 Å². The average Bonchev–Trinajstić information content (AvgIpc) is 2.79. The van der Waals surface area contributed by atoms with Crippen LogP contribution in [0.25, 0.3) is 0 Å². The van der Waals surface area contributed by atoms with Gasteiger partial charge in [0.1, 0.15) is 5.75 Å². The highest BCUT2D eigenvalue weighted by Crippen LogP contribution is 2.51. The van der Waals surface area contributed by atoms with Crippen LogP contribution in [0.1, 0.15) is 108 Å². The van der Waals surface area contributed by atoms with E-state index in [2.05, 4.69) is 31.2 Å². The molecule has 4 unspecified atom stereocenters. The molecule has 1 nitrogen and oxygen atoms in total. The first-order valence-electron chi connectivity index (χ1n) is 12.9. The van der Waals surface area contributed by atoms with Crippen LogP contribution < -0.4 is 4.74 Å². The fraction of sp³-hybridized carbons (Fsp3) is 0.786. The van der Waals surface area contributed by atoms with Gasteiger partial charge >= 0.3 is 0 Å². The van der Waals surface area contributed by atoms with E-state index in [9.17, 15) is 0 Å². The molecule has 3 aliphatic rings. The summed E-state index contributed by atoms with van der Waals surface area (Å²) in [5.41, 5.74) is 1.55. The van der Waals surface area contributed by atoms with E-state index >= 15 is 0 Å². The van der Waals surface area contributed by atoms with Crippen LogP contribution in [0, 0.1) is 29.6 Å². The van der Waals surface area contributed by atoms with E-state index < -0.39 is 0 Å². The molecular weight excluding hydrogens is 352 g/mol. The standard InChI is InChI=1S/C28H44O/c1-3-4-5-6-21-7-9-22(10-8-21)24-11-13-27-20-25(12-14-26(27)19-24)23-15-17-28(29-2)18-16-23/h15-18,21-22,24-27H,3-14,19-20H2,1-2H3. The lowest BCUT2D eigenvalue weighted by molar-refractivity contribution is 0.0710. The van der Waals surface area contributed by atoms with E-state index in [-0.39, 0.29) is 0 Å². The van der Waals surface area contributed by atoms with Gasteiger partial charge in [-0.25, -0.2) is 0 Å². The third-order valence-corrected chi connectivity index (χ3v) is 9.01. The normalized spacial score (nSPS) is 35.1. The third kappa shape index (κ3) is 5.39. The van der Waals surface area contributed by atoms with Crippen molar-refractivity contribution < 1.29 is 4.74 Å². The Bertz CT molecular complexity index is 597. The number of rotatable bonds is 7. The maximum atomic E-state index is 5.34. The second-order valence-corrected chi connectivity index (χ2v) is 10.7. The number of methoxy groups -OCH3 is 1. The Morgan fingerprint density at radius 1 is 0.724 bits per heavy atom. The molecule has 1 aromatic rings. The van der Waals surface area contributed by atoms with E-state index in [4.69, 9.17) is 4.74 Å². The molecule has 29 heavy (non-hydrogen) atoms. The second kappa shape index (κ2) is 10.4. The molecule has 0 amide bonds. The van der Waals surface area contributed by atoms with Gasteiger partial charge in [-0.2, -0.15) is 0 Å². The predicted octanol–water partition coefficient (Wildman–Crippen LogP) is 8.38. The van der Waals surface area contributed by atoms with Crippen molar-refractivity contribution in [3.8, 4) is 5.75 Å². The van der Waals surface area contributed by atoms with Gasteiger partial charge < -0.3 is 4.74 Å². The monoisotopic (exact) mass is 396 g/mol. The van der Waals surface area contributed by atoms with Crippen molar-refractivity contribution in [2.75, 3.05) is 7.11 Å². The highest BCUT2D eigenvalue weighted by molar-refractivity contribution is 5.29. The van der Waals surface area contributed by atoms with Crippen LogP contribution in [-0.2, 0) is 0 Å². The van der Waals surface area contributed by atoms with Gasteiger partial charge in [0.15, 0.2) is 0 Å². The van der Waals surface area contributed by atoms with Crippen molar-refractivity contribution in [3.63, 3.8) is 0 Å². The minimum atomic E-state index is 0.789. The average molecular weight is 397 g/mol. The molecule has 3 saturated carbocycles. The molecule has 0 spiro atoms. The zero-order chi connectivity index (χ0) is 20.1. The molecule has 0 aliphatic heterocycles. The molecule has 4 atom stereocenters. The van der Waals surface area contributed by atoms with Gasteiger partial charge in [0.2, 0.25) is 0 Å². The number of fused-ring (bicyclic) bond motifs is 1. The summed E-state index contributed by atoms with van der Waals surface area (Å²) in [5, 5.41) is 0. The summed E-state index contributed by atoms with van der Waals surface area (Å²) in [4.78, 5) is 0. The zero-order valence-electron chi connectivity index (χ0n) is 19.1. The van der Waals surface area contributed by atoms with Crippen LogP contribution in [0.3, 0.4) is 0 Å². The molecule has 1 aromatic carbocycles. The second-order valence-electron chi connectivity index (χ2n) is 10.7. The number of ether oxygens (including phenoxy) is 1. The number of unbranched alkanes of at least 4 members (excludes halogenated alkanes) is 2. The van der Waals surface area contributed by atoms with Crippen LogP contribution in [0.15, 0.2) is 24.3 Å². The van der Waals surface area contributed by atoms with Crippen molar-refractivity contribution >= 4 is 0 Å². The summed E-state index contributed by atoms with van der Waals surface area (Å²) < 4.78 is 5.34. The highest BCUT2D eigenvalue weighted by Gasteiger charge is 2.39. The predicted molar refractivity (Wildman–Crippen MR) is 123 cm³/mol. The molecule has 162 valence electrons. The zero-order valence-corrected chi connectivity index (χ0v) is 19.1. The van der Waals surface area contributed by atoms with E-state index in [1.807, 2.05) is 0 Å². The first-order chi connectivity index (χ1) is 14.3. The molecule has 1 heteroatoms. The van der Waals surface area contributed by atoms with Gasteiger partial charge in [0.25, 0.3) is 0 Å². The van der Waals surface area contributed by atoms with Crippen LogP contribution in [0.5, 0.6) is 5.75 Å². The first kappa shape index (κ1) is 21.3. The van der Waals surface area contributed by atoms with E-state index in [0.29, 0.717) is 0 Å². The van der Waals surface area contributed by atoms with Crippen molar-refractivity contribution in [2.45, 2.75) is 103 Å². The molecule has 4 rings (SSSR count). The van der Waals surface area contributed by atoms with Crippen molar-refractivity contribution in [2.24, 2.45) is 29.6 Å². The summed E-state index contributed by atoms with van der Waals surface area (Å²) in [6.45, 7) is 2.33. The summed E-state index contributed by atoms with van der Waals surface area (Å²) >= 11 is 0. The van der Waals surface area contributed by atoms with Gasteiger partial charge in [-0.15, -0.1) is 0 Å². The van der Waals surface area contributed by atoms with Crippen LogP contribution in [0.2, 0.25) is 0 Å². The molecule has 0 heterocycles. The molecule has 0 aromatic heterocycles. The lowest BCUT2D eigenvalue weighted by Gasteiger charge is -2.45. The maximum absolute atomic E-state index is 5.34. The molecule has 0 N–H and O–H groups in total. The molecule has 0 saturated heterocycles. The largest absolute Gasteiger partial charge is 0.497 e. The molecular formula is C28H44O. The Morgan fingerprint density at radius 3 is 2.03 bits per heavy atom. The summed E-state index contributed by atoms with van der Waals surface area (Å²) in [6.07, 6.45) is 20.9. The lowest BCUT2D eigenvalue weighted by atomic mass is 9.60. The Hall–Kier alpha value is -0.980. The number of hydrogen-bond acceptors (Lipinski definition) is 1. The van der Waals surface area contributed by atoms with Crippen LogP contribution in [-0.4, -0.2) is 7.11 Å². The topological polar surface area (TPSA) is 9.23 Å². The van der Waals surface area contributed by atoms with Crippen LogP contribution in [0.4, 0.5) is 0 Å². The fourth-order valence-electron chi connectivity index (χ4n) is 7.16. The fourth-order valence-corrected chi connectivity index (χ4v) is 7.16. The van der Waals surface area contributed by atoms with Crippen molar-refractivity contribution in [1.29, 1.82) is 0 Å². The van der Waals surface area contributed by atoms with Gasteiger partial charge in [-0.05, 0) is 105 Å². The van der Waals surface area contributed by atoms with Gasteiger partial charge in [0.05, 0.1) is 7.11 Å². The molecule has 3 fully saturated rings. The van der Waals surface area contributed by atoms with E-state index in [1.165, 1.54) is 57.8 Å². The Kier molecular flexibility index (Phi) is 7.60. The summed E-state index contributed by atoms with van der Waals surface area (Å²) in [7, 11) is 1.76. The maximum Gasteiger partial charge on any atom is 0.118 e. The quantitative estimate of drug-likeness (QED) is 0.420. The Labute approximate surface area is 180 Å². The first-order valence-corrected chi connectivity index (χ1v) is 12.9. The lowest BCUT2D eigenvalue weighted by Crippen LogP contribution is -2.34. The molecule has 0 radical (unpaired) electrons. The minimum Gasteiger partial charge on any atom is -0.497 e. The smallest absolute Gasteiger partial charge is 0.118 e. The van der Waals surface area contributed by atoms with Gasteiger partial charge in [-0.1, -0.05) is 57.6 Å². The highest BCUT2D eigenvalue weighted by atomic mass is 16.5. The summed E-state index contributed by atoms with van der Waals surface area (Å²) in [6, 6.07) is 8.93. The third-order valence-electron chi connectivity index (χ3n) is 9.01.